The lowest BCUT2D eigenvalue weighted by Gasteiger charge is -2.28. The van der Waals surface area contributed by atoms with Gasteiger partial charge in [-0.25, -0.2) is 4.79 Å². The van der Waals surface area contributed by atoms with Crippen LogP contribution in [0.2, 0.25) is 0 Å². The number of nitrogens with one attached hydrogen (secondary N) is 2. The van der Waals surface area contributed by atoms with Crippen molar-refractivity contribution < 1.29 is 9.59 Å². The zero-order chi connectivity index (χ0) is 14.8. The summed E-state index contributed by atoms with van der Waals surface area (Å²) in [5.41, 5.74) is 2.92. The molecule has 0 radical (unpaired) electrons. The summed E-state index contributed by atoms with van der Waals surface area (Å²) in [4.78, 5) is 25.4. The highest BCUT2D eigenvalue weighted by Gasteiger charge is 2.21. The Bertz CT molecular complexity index is 570. The zero-order valence-corrected chi connectivity index (χ0v) is 12.8. The number of thioether (sulfide) groups is 1. The number of urea groups is 1. The quantitative estimate of drug-likeness (QED) is 0.878. The standard InChI is InChI=1S/C15H19N3O2S/c1-10(16-15(20)18-4-6-21-7-5-18)11-2-3-13-12(8-11)9-14(19)17-13/h2-3,8,10H,4-7,9H2,1H3,(H,16,20)(H,17,19). The van der Waals surface area contributed by atoms with Crippen LogP contribution in [0, 0.1) is 0 Å². The summed E-state index contributed by atoms with van der Waals surface area (Å²) in [6.07, 6.45) is 0.424. The van der Waals surface area contributed by atoms with Crippen LogP contribution in [-0.2, 0) is 11.2 Å². The third-order valence-electron chi connectivity index (χ3n) is 3.89. The van der Waals surface area contributed by atoms with E-state index in [1.54, 1.807) is 0 Å². The molecule has 6 heteroatoms. The summed E-state index contributed by atoms with van der Waals surface area (Å²) in [5, 5.41) is 5.86. The van der Waals surface area contributed by atoms with Gasteiger partial charge in [-0.2, -0.15) is 11.8 Å². The number of carbonyl (C=O) groups is 2. The average molecular weight is 305 g/mol. The minimum absolute atomic E-state index is 0.00231. The first-order valence-electron chi connectivity index (χ1n) is 7.19. The van der Waals surface area contributed by atoms with Crippen molar-refractivity contribution in [3.05, 3.63) is 29.3 Å². The fourth-order valence-corrected chi connectivity index (χ4v) is 3.55. The monoisotopic (exact) mass is 305 g/mol. The summed E-state index contributed by atoms with van der Waals surface area (Å²) in [6.45, 7) is 3.60. The van der Waals surface area contributed by atoms with Gasteiger partial charge < -0.3 is 15.5 Å². The van der Waals surface area contributed by atoms with E-state index in [9.17, 15) is 9.59 Å². The third kappa shape index (κ3) is 3.15. The van der Waals surface area contributed by atoms with Gasteiger partial charge in [-0.15, -0.1) is 0 Å². The van der Waals surface area contributed by atoms with Crippen LogP contribution in [-0.4, -0.2) is 41.4 Å². The lowest BCUT2D eigenvalue weighted by atomic mass is 10.0. The number of anilines is 1. The normalized spacial score (nSPS) is 18.9. The Balaban J connectivity index is 1.65. The first kappa shape index (κ1) is 14.3. The van der Waals surface area contributed by atoms with E-state index in [0.717, 1.165) is 41.4 Å². The first-order valence-corrected chi connectivity index (χ1v) is 8.35. The Hall–Kier alpha value is -1.69. The molecular formula is C15H19N3O2S. The highest BCUT2D eigenvalue weighted by atomic mass is 32.2. The molecule has 1 aromatic carbocycles. The first-order chi connectivity index (χ1) is 10.1. The fourth-order valence-electron chi connectivity index (χ4n) is 2.64. The Morgan fingerprint density at radius 3 is 2.90 bits per heavy atom. The van der Waals surface area contributed by atoms with Gasteiger partial charge in [0.2, 0.25) is 5.91 Å². The Kier molecular flexibility index (Phi) is 4.05. The molecule has 0 bridgehead atoms. The van der Waals surface area contributed by atoms with Crippen LogP contribution in [0.15, 0.2) is 18.2 Å². The summed E-state index contributed by atoms with van der Waals surface area (Å²) in [5.74, 6) is 2.05. The predicted molar refractivity (Wildman–Crippen MR) is 84.6 cm³/mol. The van der Waals surface area contributed by atoms with Crippen molar-refractivity contribution in [3.8, 4) is 0 Å². The second-order valence-corrected chi connectivity index (χ2v) is 6.64. The lowest BCUT2D eigenvalue weighted by molar-refractivity contribution is -0.115. The maximum atomic E-state index is 12.2. The van der Waals surface area contributed by atoms with E-state index < -0.39 is 0 Å². The van der Waals surface area contributed by atoms with Crippen LogP contribution in [0.5, 0.6) is 0 Å². The molecule has 0 aliphatic carbocycles. The topological polar surface area (TPSA) is 61.4 Å². The maximum absolute atomic E-state index is 12.2. The van der Waals surface area contributed by atoms with Gasteiger partial charge in [0.15, 0.2) is 0 Å². The van der Waals surface area contributed by atoms with E-state index in [0.29, 0.717) is 6.42 Å². The molecule has 1 atom stereocenters. The number of fused-ring (bicyclic) bond motifs is 1. The van der Waals surface area contributed by atoms with E-state index in [2.05, 4.69) is 10.6 Å². The van der Waals surface area contributed by atoms with Gasteiger partial charge in [0.05, 0.1) is 12.5 Å². The minimum Gasteiger partial charge on any atom is -0.331 e. The number of nitrogens with zero attached hydrogens (tertiary/aromatic N) is 1. The molecule has 0 spiro atoms. The van der Waals surface area contributed by atoms with Crippen molar-refractivity contribution in [2.24, 2.45) is 0 Å². The van der Waals surface area contributed by atoms with Crippen LogP contribution >= 0.6 is 11.8 Å². The molecule has 112 valence electrons. The minimum atomic E-state index is -0.0620. The number of hydrogen-bond donors (Lipinski definition) is 2. The van der Waals surface area contributed by atoms with Crippen LogP contribution in [0.4, 0.5) is 10.5 Å². The van der Waals surface area contributed by atoms with E-state index in [4.69, 9.17) is 0 Å². The zero-order valence-electron chi connectivity index (χ0n) is 12.0. The molecule has 21 heavy (non-hydrogen) atoms. The average Bonchev–Trinajstić information content (AvgIpc) is 2.87. The molecule has 2 aliphatic rings. The van der Waals surface area contributed by atoms with Gasteiger partial charge in [0.1, 0.15) is 0 Å². The molecule has 2 heterocycles. The van der Waals surface area contributed by atoms with Crippen molar-refractivity contribution in [1.82, 2.24) is 10.2 Å². The molecule has 3 rings (SSSR count). The summed E-state index contributed by atoms with van der Waals surface area (Å²) < 4.78 is 0. The Morgan fingerprint density at radius 2 is 2.14 bits per heavy atom. The van der Waals surface area contributed by atoms with Crippen LogP contribution in [0.25, 0.3) is 0 Å². The Labute approximate surface area is 128 Å². The van der Waals surface area contributed by atoms with E-state index in [1.807, 2.05) is 41.8 Å². The number of benzene rings is 1. The van der Waals surface area contributed by atoms with Crippen LogP contribution in [0.1, 0.15) is 24.1 Å². The van der Waals surface area contributed by atoms with Gasteiger partial charge in [-0.05, 0) is 24.1 Å². The number of amides is 3. The SMILES string of the molecule is CC(NC(=O)N1CCSCC1)c1ccc2c(c1)CC(=O)N2. The van der Waals surface area contributed by atoms with Crippen molar-refractivity contribution in [1.29, 1.82) is 0 Å². The molecule has 5 nitrogen and oxygen atoms in total. The van der Waals surface area contributed by atoms with Crippen molar-refractivity contribution in [2.45, 2.75) is 19.4 Å². The van der Waals surface area contributed by atoms with Crippen LogP contribution < -0.4 is 10.6 Å². The highest BCUT2D eigenvalue weighted by molar-refractivity contribution is 7.99. The number of carbonyl (C=O) groups excluding carboxylic acids is 2. The van der Waals surface area contributed by atoms with Crippen LogP contribution in [0.3, 0.4) is 0 Å². The van der Waals surface area contributed by atoms with E-state index >= 15 is 0 Å². The number of rotatable bonds is 2. The number of hydrogen-bond acceptors (Lipinski definition) is 3. The maximum Gasteiger partial charge on any atom is 0.317 e. The second-order valence-electron chi connectivity index (χ2n) is 5.41. The second kappa shape index (κ2) is 5.97. The molecule has 0 aromatic heterocycles. The largest absolute Gasteiger partial charge is 0.331 e. The van der Waals surface area contributed by atoms with Gasteiger partial charge in [0.25, 0.3) is 0 Å². The van der Waals surface area contributed by atoms with Crippen molar-refractivity contribution in [3.63, 3.8) is 0 Å². The summed E-state index contributed by atoms with van der Waals surface area (Å²) >= 11 is 1.88. The van der Waals surface area contributed by atoms with Crippen molar-refractivity contribution >= 4 is 29.4 Å². The fraction of sp³-hybridized carbons (Fsp3) is 0.467. The molecule has 3 amide bonds. The predicted octanol–water partition coefficient (Wildman–Crippen LogP) is 2.00. The molecule has 1 saturated heterocycles. The van der Waals surface area contributed by atoms with Crippen molar-refractivity contribution in [2.75, 3.05) is 29.9 Å². The third-order valence-corrected chi connectivity index (χ3v) is 4.84. The smallest absolute Gasteiger partial charge is 0.317 e. The molecule has 2 N–H and O–H groups in total. The van der Waals surface area contributed by atoms with E-state index in [1.165, 1.54) is 0 Å². The molecule has 2 aliphatic heterocycles. The molecule has 1 unspecified atom stereocenters. The summed E-state index contributed by atoms with van der Waals surface area (Å²) in [7, 11) is 0. The summed E-state index contributed by atoms with van der Waals surface area (Å²) in [6, 6.07) is 5.81. The molecule has 1 aromatic rings. The molecular weight excluding hydrogens is 286 g/mol. The van der Waals surface area contributed by atoms with Gasteiger partial charge in [-0.1, -0.05) is 12.1 Å². The van der Waals surface area contributed by atoms with Gasteiger partial charge in [0, 0.05) is 30.3 Å². The van der Waals surface area contributed by atoms with E-state index in [-0.39, 0.29) is 18.0 Å². The molecule has 0 saturated carbocycles. The van der Waals surface area contributed by atoms with Gasteiger partial charge in [-0.3, -0.25) is 4.79 Å². The molecule has 1 fully saturated rings. The highest BCUT2D eigenvalue weighted by Crippen LogP contribution is 2.26. The lowest BCUT2D eigenvalue weighted by Crippen LogP contribution is -2.45. The van der Waals surface area contributed by atoms with Gasteiger partial charge >= 0.3 is 6.03 Å². The Morgan fingerprint density at radius 1 is 1.38 bits per heavy atom.